The zero-order chi connectivity index (χ0) is 25.5. The summed E-state index contributed by atoms with van der Waals surface area (Å²) in [6, 6.07) is 10.0. The van der Waals surface area contributed by atoms with Crippen LogP contribution in [0.2, 0.25) is 0 Å². The Morgan fingerprint density at radius 1 is 1.03 bits per heavy atom. The van der Waals surface area contributed by atoms with Crippen LogP contribution in [0.4, 0.5) is 38.1 Å². The van der Waals surface area contributed by atoms with Gasteiger partial charge in [0.25, 0.3) is 0 Å². The summed E-state index contributed by atoms with van der Waals surface area (Å²) in [5.41, 5.74) is -1.67. The monoisotopic (exact) mass is 492 g/mol. The lowest BCUT2D eigenvalue weighted by molar-refractivity contribution is -0.137. The zero-order valence-electron chi connectivity index (χ0n) is 18.7. The molecule has 2 N–H and O–H groups in total. The van der Waals surface area contributed by atoms with Gasteiger partial charge < -0.3 is 15.2 Å². The third-order valence-electron chi connectivity index (χ3n) is 5.64. The van der Waals surface area contributed by atoms with Crippen molar-refractivity contribution in [1.82, 2.24) is 0 Å². The number of alkyl halides is 3. The van der Waals surface area contributed by atoms with Crippen molar-refractivity contribution in [3.05, 3.63) is 88.5 Å². The number of aliphatic hydroxyl groups is 1. The van der Waals surface area contributed by atoms with Crippen LogP contribution in [0.1, 0.15) is 36.1 Å². The molecule has 184 valence electrons. The fourth-order valence-electron chi connectivity index (χ4n) is 3.72. The van der Waals surface area contributed by atoms with Crippen molar-refractivity contribution in [1.29, 1.82) is 0 Å². The van der Waals surface area contributed by atoms with Crippen LogP contribution in [0.15, 0.2) is 54.6 Å². The van der Waals surface area contributed by atoms with Crippen LogP contribution >= 0.6 is 0 Å². The van der Waals surface area contributed by atoms with Crippen LogP contribution in [-0.2, 0) is 24.9 Å². The predicted octanol–water partition coefficient (Wildman–Crippen LogP) is 6.34. The SMILES string of the molecule is CC(C)(O)c1ccc2c(c1)NC(=O)N(c1cc(OCc3c(F)cccc3F)ccc1C(F)(F)F)C2. The number of hydrogen-bond donors (Lipinski definition) is 2. The van der Waals surface area contributed by atoms with E-state index < -0.39 is 47.3 Å². The van der Waals surface area contributed by atoms with E-state index in [2.05, 4.69) is 5.32 Å². The van der Waals surface area contributed by atoms with Crippen LogP contribution in [0, 0.1) is 11.6 Å². The number of fused-ring (bicyclic) bond motifs is 1. The molecule has 0 saturated heterocycles. The maximum Gasteiger partial charge on any atom is 0.418 e. The summed E-state index contributed by atoms with van der Waals surface area (Å²) < 4.78 is 74.5. The van der Waals surface area contributed by atoms with E-state index in [0.29, 0.717) is 16.8 Å². The molecule has 0 atom stereocenters. The Morgan fingerprint density at radius 2 is 1.71 bits per heavy atom. The average molecular weight is 492 g/mol. The Balaban J connectivity index is 1.68. The van der Waals surface area contributed by atoms with Gasteiger partial charge >= 0.3 is 12.2 Å². The number of hydrogen-bond acceptors (Lipinski definition) is 3. The molecule has 0 unspecified atom stereocenters. The van der Waals surface area contributed by atoms with Gasteiger partial charge in [-0.25, -0.2) is 13.6 Å². The summed E-state index contributed by atoms with van der Waals surface area (Å²) in [4.78, 5) is 13.7. The first-order chi connectivity index (χ1) is 16.3. The molecule has 3 aromatic carbocycles. The average Bonchev–Trinajstić information content (AvgIpc) is 2.76. The van der Waals surface area contributed by atoms with E-state index in [-0.39, 0.29) is 17.9 Å². The molecule has 0 aliphatic carbocycles. The van der Waals surface area contributed by atoms with Gasteiger partial charge in [0.1, 0.15) is 24.0 Å². The molecule has 1 aliphatic heterocycles. The molecule has 10 heteroatoms. The third-order valence-corrected chi connectivity index (χ3v) is 5.64. The normalized spacial score (nSPS) is 13.9. The van der Waals surface area contributed by atoms with Gasteiger partial charge in [-0.3, -0.25) is 4.90 Å². The Hall–Kier alpha value is -3.66. The van der Waals surface area contributed by atoms with Gasteiger partial charge in [0.15, 0.2) is 0 Å². The van der Waals surface area contributed by atoms with E-state index in [1.54, 1.807) is 32.0 Å². The fraction of sp³-hybridized carbons (Fsp3) is 0.240. The first-order valence-corrected chi connectivity index (χ1v) is 10.6. The Morgan fingerprint density at radius 3 is 2.34 bits per heavy atom. The summed E-state index contributed by atoms with van der Waals surface area (Å²) in [5.74, 6) is -1.81. The molecule has 4 rings (SSSR count). The van der Waals surface area contributed by atoms with Gasteiger partial charge in [0.2, 0.25) is 0 Å². The van der Waals surface area contributed by atoms with E-state index in [4.69, 9.17) is 4.74 Å². The van der Waals surface area contributed by atoms with Crippen LogP contribution in [-0.4, -0.2) is 11.1 Å². The second-order valence-electron chi connectivity index (χ2n) is 8.61. The lowest BCUT2D eigenvalue weighted by Crippen LogP contribution is -2.40. The molecule has 0 fully saturated rings. The van der Waals surface area contributed by atoms with Gasteiger partial charge in [-0.1, -0.05) is 18.2 Å². The van der Waals surface area contributed by atoms with Crippen molar-refractivity contribution in [2.75, 3.05) is 10.2 Å². The largest absolute Gasteiger partial charge is 0.489 e. The topological polar surface area (TPSA) is 61.8 Å². The predicted molar refractivity (Wildman–Crippen MR) is 119 cm³/mol. The number of amides is 2. The van der Waals surface area contributed by atoms with Crippen LogP contribution in [0.25, 0.3) is 0 Å². The van der Waals surface area contributed by atoms with Crippen molar-refractivity contribution in [3.63, 3.8) is 0 Å². The fourth-order valence-corrected chi connectivity index (χ4v) is 3.72. The highest BCUT2D eigenvalue weighted by Gasteiger charge is 2.38. The molecular formula is C25H21F5N2O3. The summed E-state index contributed by atoms with van der Waals surface area (Å²) in [7, 11) is 0. The molecule has 2 amide bonds. The van der Waals surface area contributed by atoms with E-state index in [1.165, 1.54) is 6.07 Å². The Bertz CT molecular complexity index is 1260. The first kappa shape index (κ1) is 24.5. The number of carbonyl (C=O) groups is 1. The summed E-state index contributed by atoms with van der Waals surface area (Å²) >= 11 is 0. The lowest BCUT2D eigenvalue weighted by Gasteiger charge is -2.32. The third kappa shape index (κ3) is 5.07. The van der Waals surface area contributed by atoms with Gasteiger partial charge in [0, 0.05) is 11.8 Å². The van der Waals surface area contributed by atoms with Crippen molar-refractivity contribution >= 4 is 17.4 Å². The molecule has 0 spiro atoms. The molecule has 1 heterocycles. The van der Waals surface area contributed by atoms with Gasteiger partial charge in [-0.2, -0.15) is 13.2 Å². The van der Waals surface area contributed by atoms with E-state index in [1.807, 2.05) is 0 Å². The molecule has 3 aromatic rings. The lowest BCUT2D eigenvalue weighted by atomic mass is 9.95. The highest BCUT2D eigenvalue weighted by molar-refractivity contribution is 6.05. The van der Waals surface area contributed by atoms with Crippen molar-refractivity contribution in [3.8, 4) is 5.75 Å². The maximum atomic E-state index is 13.9. The number of urea groups is 1. The van der Waals surface area contributed by atoms with E-state index in [9.17, 15) is 31.9 Å². The number of ether oxygens (including phenoxy) is 1. The summed E-state index contributed by atoms with van der Waals surface area (Å²) in [6.45, 7) is 2.40. The number of rotatable bonds is 5. The molecule has 0 bridgehead atoms. The number of benzene rings is 3. The van der Waals surface area contributed by atoms with Crippen LogP contribution in [0.5, 0.6) is 5.75 Å². The van der Waals surface area contributed by atoms with Gasteiger partial charge in [0.05, 0.1) is 29.0 Å². The smallest absolute Gasteiger partial charge is 0.418 e. The van der Waals surface area contributed by atoms with Crippen molar-refractivity contribution < 1.29 is 36.6 Å². The standard InChI is InChI=1S/C25H21F5N2O3/c1-24(2,34)15-7-6-14-12-32(23(33)31-21(14)10-15)22-11-16(8-9-18(22)25(28,29)30)35-13-17-19(26)4-3-5-20(17)27/h3-11,34H,12-13H2,1-2H3,(H,31,33). The second-order valence-corrected chi connectivity index (χ2v) is 8.61. The molecule has 0 saturated carbocycles. The minimum absolute atomic E-state index is 0.105. The minimum Gasteiger partial charge on any atom is -0.489 e. The van der Waals surface area contributed by atoms with Crippen molar-refractivity contribution in [2.24, 2.45) is 0 Å². The molecule has 5 nitrogen and oxygen atoms in total. The van der Waals surface area contributed by atoms with Crippen molar-refractivity contribution in [2.45, 2.75) is 38.8 Å². The number of nitrogens with one attached hydrogen (secondary N) is 1. The Kier molecular flexibility index (Phi) is 6.18. The molecule has 0 radical (unpaired) electrons. The highest BCUT2D eigenvalue weighted by atomic mass is 19.4. The molecule has 0 aromatic heterocycles. The van der Waals surface area contributed by atoms with E-state index in [0.717, 1.165) is 35.2 Å². The highest BCUT2D eigenvalue weighted by Crippen LogP contribution is 2.41. The van der Waals surface area contributed by atoms with Gasteiger partial charge in [-0.05, 0) is 55.3 Å². The number of nitrogens with zero attached hydrogens (tertiary/aromatic N) is 1. The molecule has 1 aliphatic rings. The first-order valence-electron chi connectivity index (χ1n) is 10.6. The summed E-state index contributed by atoms with van der Waals surface area (Å²) in [5, 5.41) is 12.8. The number of carbonyl (C=O) groups excluding carboxylic acids is 1. The number of halogens is 5. The quantitative estimate of drug-likeness (QED) is 0.409. The van der Waals surface area contributed by atoms with Gasteiger partial charge in [-0.15, -0.1) is 0 Å². The Labute approximate surface area is 197 Å². The second kappa shape index (κ2) is 8.84. The summed E-state index contributed by atoms with van der Waals surface area (Å²) in [6.07, 6.45) is -4.78. The maximum absolute atomic E-state index is 13.9. The zero-order valence-corrected chi connectivity index (χ0v) is 18.7. The van der Waals surface area contributed by atoms with Crippen LogP contribution < -0.4 is 15.0 Å². The number of anilines is 2. The van der Waals surface area contributed by atoms with E-state index >= 15 is 0 Å². The molecular weight excluding hydrogens is 471 g/mol. The minimum atomic E-state index is -4.78. The van der Waals surface area contributed by atoms with Crippen LogP contribution in [0.3, 0.4) is 0 Å². The molecule has 35 heavy (non-hydrogen) atoms.